The maximum atomic E-state index is 5.26. The van der Waals surface area contributed by atoms with Gasteiger partial charge in [0.15, 0.2) is 5.75 Å². The quantitative estimate of drug-likeness (QED) is 0.844. The lowest BCUT2D eigenvalue weighted by molar-refractivity contribution is 0.306. The van der Waals surface area contributed by atoms with Crippen LogP contribution in [-0.4, -0.2) is 24.7 Å². The highest BCUT2D eigenvalue weighted by Crippen LogP contribution is 2.37. The first-order valence-electron chi connectivity index (χ1n) is 5.42. The van der Waals surface area contributed by atoms with Gasteiger partial charge in [0.1, 0.15) is 4.60 Å². The third-order valence-corrected chi connectivity index (χ3v) is 3.98. The molecule has 1 aliphatic heterocycles. The van der Waals surface area contributed by atoms with Crippen molar-refractivity contribution < 1.29 is 4.74 Å². The molecule has 2 atom stereocenters. The second kappa shape index (κ2) is 3.86. The number of aromatic nitrogens is 1. The van der Waals surface area contributed by atoms with E-state index in [-0.39, 0.29) is 0 Å². The predicted molar refractivity (Wildman–Crippen MR) is 66.4 cm³/mol. The summed E-state index contributed by atoms with van der Waals surface area (Å²) >= 11 is 3.37. The number of halogens is 1. The molecule has 3 nitrogen and oxygen atoms in total. The molecule has 0 spiro atoms. The van der Waals surface area contributed by atoms with E-state index in [2.05, 4.69) is 32.3 Å². The van der Waals surface area contributed by atoms with Crippen molar-refractivity contribution >= 4 is 21.5 Å². The Labute approximate surface area is 103 Å². The summed E-state index contributed by atoms with van der Waals surface area (Å²) in [6.07, 6.45) is 5.38. The fourth-order valence-corrected chi connectivity index (χ4v) is 2.72. The van der Waals surface area contributed by atoms with Crippen molar-refractivity contribution in [3.8, 4) is 5.75 Å². The van der Waals surface area contributed by atoms with Crippen molar-refractivity contribution in [3.05, 3.63) is 28.5 Å². The van der Waals surface area contributed by atoms with Crippen LogP contribution in [0.25, 0.3) is 5.57 Å². The van der Waals surface area contributed by atoms with Crippen LogP contribution in [0.1, 0.15) is 12.0 Å². The van der Waals surface area contributed by atoms with Crippen molar-refractivity contribution in [1.82, 2.24) is 10.3 Å². The van der Waals surface area contributed by atoms with Gasteiger partial charge in [0.25, 0.3) is 0 Å². The number of nitrogens with one attached hydrogen (secondary N) is 1. The molecule has 84 valence electrons. The van der Waals surface area contributed by atoms with Crippen molar-refractivity contribution in [2.45, 2.75) is 12.5 Å². The Balaban J connectivity index is 1.92. The molecule has 1 aliphatic carbocycles. The molecule has 0 amide bonds. The van der Waals surface area contributed by atoms with E-state index in [1.807, 2.05) is 12.3 Å². The molecule has 0 radical (unpaired) electrons. The van der Waals surface area contributed by atoms with E-state index in [1.165, 1.54) is 11.1 Å². The summed E-state index contributed by atoms with van der Waals surface area (Å²) in [5, 5.41) is 3.43. The van der Waals surface area contributed by atoms with Gasteiger partial charge in [0, 0.05) is 24.7 Å². The van der Waals surface area contributed by atoms with Crippen molar-refractivity contribution in [3.63, 3.8) is 0 Å². The Morgan fingerprint density at radius 2 is 2.44 bits per heavy atom. The molecule has 2 heterocycles. The van der Waals surface area contributed by atoms with E-state index in [4.69, 9.17) is 4.74 Å². The van der Waals surface area contributed by atoms with Crippen molar-refractivity contribution in [1.29, 1.82) is 0 Å². The molecule has 0 aromatic carbocycles. The maximum absolute atomic E-state index is 5.26. The first-order chi connectivity index (χ1) is 7.78. The molecule has 4 heteroatoms. The van der Waals surface area contributed by atoms with Gasteiger partial charge < -0.3 is 10.1 Å². The number of ether oxygens (including phenoxy) is 1. The van der Waals surface area contributed by atoms with Gasteiger partial charge in [-0.25, -0.2) is 4.98 Å². The Hall–Kier alpha value is -0.870. The van der Waals surface area contributed by atoms with Gasteiger partial charge in [-0.1, -0.05) is 6.08 Å². The zero-order valence-electron chi connectivity index (χ0n) is 9.03. The van der Waals surface area contributed by atoms with Crippen LogP contribution in [0, 0.1) is 5.92 Å². The average molecular weight is 281 g/mol. The number of nitrogens with zero attached hydrogens (tertiary/aromatic N) is 1. The minimum absolute atomic E-state index is 0.657. The molecule has 1 aromatic heterocycles. The standard InChI is InChI=1S/C12H13BrN2O/c1-16-11-4-8(5-15-12(11)13)7-2-9-6-14-10(9)3-7/h2,4-5,9-10,14H,3,6H2,1H3/t9-,10-/m1/s1. The largest absolute Gasteiger partial charge is 0.494 e. The SMILES string of the molecule is COc1cc(C2=C[C@@H]3CN[C@@H]3C2)cnc1Br. The predicted octanol–water partition coefficient (Wildman–Crippen LogP) is 2.23. The summed E-state index contributed by atoms with van der Waals surface area (Å²) in [5.41, 5.74) is 2.56. The third kappa shape index (κ3) is 1.57. The molecule has 1 fully saturated rings. The van der Waals surface area contributed by atoms with E-state index >= 15 is 0 Å². The first-order valence-corrected chi connectivity index (χ1v) is 6.21. The minimum atomic E-state index is 0.657. The number of methoxy groups -OCH3 is 1. The molecule has 2 aliphatic rings. The van der Waals surface area contributed by atoms with E-state index in [0.29, 0.717) is 6.04 Å². The lowest BCUT2D eigenvalue weighted by atomic mass is 9.95. The molecule has 1 N–H and O–H groups in total. The molecule has 1 aromatic rings. The van der Waals surface area contributed by atoms with Crippen LogP contribution in [0.4, 0.5) is 0 Å². The van der Waals surface area contributed by atoms with E-state index in [9.17, 15) is 0 Å². The lowest BCUT2D eigenvalue weighted by Crippen LogP contribution is -2.49. The molecular weight excluding hydrogens is 268 g/mol. The fourth-order valence-electron chi connectivity index (χ4n) is 2.34. The van der Waals surface area contributed by atoms with Gasteiger partial charge in [0.05, 0.1) is 7.11 Å². The second-order valence-corrected chi connectivity index (χ2v) is 5.04. The monoisotopic (exact) mass is 280 g/mol. The number of hydrogen-bond donors (Lipinski definition) is 1. The highest BCUT2D eigenvalue weighted by Gasteiger charge is 2.34. The van der Waals surface area contributed by atoms with Crippen LogP contribution >= 0.6 is 15.9 Å². The fraction of sp³-hybridized carbons (Fsp3) is 0.417. The highest BCUT2D eigenvalue weighted by molar-refractivity contribution is 9.10. The topological polar surface area (TPSA) is 34.1 Å². The van der Waals surface area contributed by atoms with E-state index < -0.39 is 0 Å². The molecule has 1 saturated heterocycles. The summed E-state index contributed by atoms with van der Waals surface area (Å²) in [6.45, 7) is 1.12. The number of pyridine rings is 1. The number of rotatable bonds is 2. The summed E-state index contributed by atoms with van der Waals surface area (Å²) in [6, 6.07) is 2.71. The molecule has 16 heavy (non-hydrogen) atoms. The number of hydrogen-bond acceptors (Lipinski definition) is 3. The van der Waals surface area contributed by atoms with Crippen molar-refractivity contribution in [2.75, 3.05) is 13.7 Å². The summed E-state index contributed by atoms with van der Waals surface area (Å²) in [4.78, 5) is 4.30. The van der Waals surface area contributed by atoms with Crippen LogP contribution < -0.4 is 10.1 Å². The van der Waals surface area contributed by atoms with Gasteiger partial charge in [0.2, 0.25) is 0 Å². The minimum Gasteiger partial charge on any atom is -0.494 e. The van der Waals surface area contributed by atoms with Gasteiger partial charge in [-0.2, -0.15) is 0 Å². The third-order valence-electron chi connectivity index (χ3n) is 3.39. The zero-order chi connectivity index (χ0) is 11.1. The van der Waals surface area contributed by atoms with Crippen LogP contribution in [0.5, 0.6) is 5.75 Å². The van der Waals surface area contributed by atoms with E-state index in [0.717, 1.165) is 29.2 Å². The number of fused-ring (bicyclic) bond motifs is 1. The summed E-state index contributed by atoms with van der Waals surface area (Å²) < 4.78 is 6.02. The summed E-state index contributed by atoms with van der Waals surface area (Å²) in [5.74, 6) is 1.52. The van der Waals surface area contributed by atoms with Crippen LogP contribution in [0.2, 0.25) is 0 Å². The van der Waals surface area contributed by atoms with Gasteiger partial charge in [-0.05, 0) is 39.6 Å². The Bertz CT molecular complexity index is 458. The zero-order valence-corrected chi connectivity index (χ0v) is 10.6. The second-order valence-electron chi connectivity index (χ2n) is 4.29. The Kier molecular flexibility index (Phi) is 2.48. The van der Waals surface area contributed by atoms with Gasteiger partial charge in [-0.15, -0.1) is 0 Å². The smallest absolute Gasteiger partial charge is 0.152 e. The van der Waals surface area contributed by atoms with Crippen LogP contribution in [0.15, 0.2) is 22.9 Å². The molecule has 0 saturated carbocycles. The van der Waals surface area contributed by atoms with E-state index in [1.54, 1.807) is 7.11 Å². The maximum Gasteiger partial charge on any atom is 0.152 e. The van der Waals surface area contributed by atoms with Crippen molar-refractivity contribution in [2.24, 2.45) is 5.92 Å². The lowest BCUT2D eigenvalue weighted by Gasteiger charge is -2.31. The average Bonchev–Trinajstić information content (AvgIpc) is 2.56. The summed E-state index contributed by atoms with van der Waals surface area (Å²) in [7, 11) is 1.67. The molecule has 0 unspecified atom stereocenters. The van der Waals surface area contributed by atoms with Gasteiger partial charge in [-0.3, -0.25) is 0 Å². The van der Waals surface area contributed by atoms with Crippen LogP contribution in [0.3, 0.4) is 0 Å². The normalized spacial score (nSPS) is 27.0. The molecule has 3 rings (SSSR count). The highest BCUT2D eigenvalue weighted by atomic mass is 79.9. The first kappa shape index (κ1) is 10.3. The Morgan fingerprint density at radius 1 is 1.56 bits per heavy atom. The Morgan fingerprint density at radius 3 is 3.00 bits per heavy atom. The van der Waals surface area contributed by atoms with Gasteiger partial charge >= 0.3 is 0 Å². The molecular formula is C12H13BrN2O. The van der Waals surface area contributed by atoms with Crippen LogP contribution in [-0.2, 0) is 0 Å². The molecule has 0 bridgehead atoms.